The first-order valence-electron chi connectivity index (χ1n) is 8.94. The standard InChI is InChI=1S/C20H31NO3/c1-17(2)19(22)14-12-10-8-6-4-5-7-9-11-13-15-24-20(23)18(3)16-21/h1,3-15H2,2H3. The molecule has 4 heteroatoms. The molecule has 0 atom stereocenters. The summed E-state index contributed by atoms with van der Waals surface area (Å²) in [4.78, 5) is 22.5. The highest BCUT2D eigenvalue weighted by atomic mass is 16.5. The molecule has 0 aromatic heterocycles. The average Bonchev–Trinajstić information content (AvgIpc) is 2.57. The van der Waals surface area contributed by atoms with Crippen molar-refractivity contribution in [3.05, 3.63) is 24.3 Å². The van der Waals surface area contributed by atoms with E-state index in [0.29, 0.717) is 18.6 Å². The summed E-state index contributed by atoms with van der Waals surface area (Å²) in [5, 5.41) is 8.47. The number of Topliss-reactive ketones (excluding diaryl/α,β-unsaturated/α-hetero) is 1. The minimum atomic E-state index is -0.609. The van der Waals surface area contributed by atoms with E-state index in [0.717, 1.165) is 32.1 Å². The second kappa shape index (κ2) is 14.7. The molecule has 0 rings (SSSR count). The van der Waals surface area contributed by atoms with Crippen molar-refractivity contribution in [2.75, 3.05) is 6.61 Å². The molecule has 0 aliphatic heterocycles. The molecule has 0 heterocycles. The molecular formula is C20H31NO3. The first kappa shape index (κ1) is 22.1. The van der Waals surface area contributed by atoms with Gasteiger partial charge in [-0.15, -0.1) is 0 Å². The minimum absolute atomic E-state index is 0.140. The zero-order chi connectivity index (χ0) is 18.2. The molecule has 0 aliphatic carbocycles. The van der Waals surface area contributed by atoms with Crippen LogP contribution in [0.4, 0.5) is 0 Å². The minimum Gasteiger partial charge on any atom is -0.462 e. The molecule has 0 amide bonds. The maximum Gasteiger partial charge on any atom is 0.348 e. The van der Waals surface area contributed by atoms with Gasteiger partial charge in [-0.05, 0) is 25.3 Å². The molecule has 0 fully saturated rings. The van der Waals surface area contributed by atoms with E-state index in [1.54, 1.807) is 13.0 Å². The van der Waals surface area contributed by atoms with Crippen molar-refractivity contribution < 1.29 is 14.3 Å². The van der Waals surface area contributed by atoms with Crippen LogP contribution in [0, 0.1) is 11.3 Å². The molecule has 0 aliphatic rings. The Morgan fingerprint density at radius 2 is 1.33 bits per heavy atom. The van der Waals surface area contributed by atoms with Gasteiger partial charge in [-0.3, -0.25) is 4.79 Å². The number of ketones is 1. The zero-order valence-corrected chi connectivity index (χ0v) is 15.1. The first-order chi connectivity index (χ1) is 11.5. The number of unbranched alkanes of at least 4 members (excludes halogenated alkanes) is 9. The third-order valence-electron chi connectivity index (χ3n) is 3.89. The van der Waals surface area contributed by atoms with E-state index in [9.17, 15) is 9.59 Å². The molecule has 0 saturated heterocycles. The molecule has 0 N–H and O–H groups in total. The van der Waals surface area contributed by atoms with Crippen LogP contribution in [-0.4, -0.2) is 18.4 Å². The molecule has 0 bridgehead atoms. The summed E-state index contributed by atoms with van der Waals surface area (Å²) < 4.78 is 4.92. The van der Waals surface area contributed by atoms with E-state index in [2.05, 4.69) is 13.2 Å². The topological polar surface area (TPSA) is 67.2 Å². The van der Waals surface area contributed by atoms with Crippen molar-refractivity contribution in [2.24, 2.45) is 0 Å². The van der Waals surface area contributed by atoms with Crippen molar-refractivity contribution in [3.63, 3.8) is 0 Å². The van der Waals surface area contributed by atoms with Gasteiger partial charge in [0.2, 0.25) is 0 Å². The molecule has 24 heavy (non-hydrogen) atoms. The lowest BCUT2D eigenvalue weighted by Crippen LogP contribution is -2.06. The second-order valence-corrected chi connectivity index (χ2v) is 6.22. The van der Waals surface area contributed by atoms with Gasteiger partial charge < -0.3 is 4.74 Å². The normalized spacial score (nSPS) is 10.0. The van der Waals surface area contributed by atoms with Gasteiger partial charge in [-0.25, -0.2) is 4.79 Å². The number of hydrogen-bond acceptors (Lipinski definition) is 4. The third kappa shape index (κ3) is 12.6. The first-order valence-corrected chi connectivity index (χ1v) is 8.94. The fourth-order valence-electron chi connectivity index (χ4n) is 2.31. The number of carbonyl (C=O) groups is 2. The van der Waals surface area contributed by atoms with Crippen LogP contribution in [0.1, 0.15) is 77.6 Å². The van der Waals surface area contributed by atoms with Gasteiger partial charge in [0, 0.05) is 6.42 Å². The van der Waals surface area contributed by atoms with Gasteiger partial charge in [0.05, 0.1) is 6.61 Å². The van der Waals surface area contributed by atoms with Crippen molar-refractivity contribution >= 4 is 11.8 Å². The van der Waals surface area contributed by atoms with Crippen LogP contribution in [0.2, 0.25) is 0 Å². The molecule has 0 unspecified atom stereocenters. The number of nitriles is 1. The predicted molar refractivity (Wildman–Crippen MR) is 96.3 cm³/mol. The van der Waals surface area contributed by atoms with Crippen LogP contribution in [0.15, 0.2) is 24.3 Å². The lowest BCUT2D eigenvalue weighted by molar-refractivity contribution is -0.138. The van der Waals surface area contributed by atoms with Crippen LogP contribution < -0.4 is 0 Å². The Kier molecular flexibility index (Phi) is 13.5. The highest BCUT2D eigenvalue weighted by Crippen LogP contribution is 2.12. The van der Waals surface area contributed by atoms with Crippen molar-refractivity contribution in [1.82, 2.24) is 0 Å². The van der Waals surface area contributed by atoms with E-state index >= 15 is 0 Å². The molecule has 0 aromatic rings. The van der Waals surface area contributed by atoms with E-state index in [-0.39, 0.29) is 11.4 Å². The Bertz CT molecular complexity index is 460. The Morgan fingerprint density at radius 3 is 1.79 bits per heavy atom. The Morgan fingerprint density at radius 1 is 0.875 bits per heavy atom. The third-order valence-corrected chi connectivity index (χ3v) is 3.89. The Balaban J connectivity index is 3.25. The highest BCUT2D eigenvalue weighted by molar-refractivity contribution is 5.94. The van der Waals surface area contributed by atoms with Gasteiger partial charge in [-0.2, -0.15) is 5.26 Å². The molecule has 0 spiro atoms. The molecule has 0 aromatic carbocycles. The van der Waals surface area contributed by atoms with E-state index in [1.165, 1.54) is 32.1 Å². The summed E-state index contributed by atoms with van der Waals surface area (Å²) in [6.45, 7) is 9.11. The summed E-state index contributed by atoms with van der Waals surface area (Å²) in [6.07, 6.45) is 11.9. The summed E-state index contributed by atoms with van der Waals surface area (Å²) >= 11 is 0. The van der Waals surface area contributed by atoms with Crippen LogP contribution in [0.25, 0.3) is 0 Å². The van der Waals surface area contributed by atoms with Crippen molar-refractivity contribution in [3.8, 4) is 6.07 Å². The number of rotatable bonds is 15. The quantitative estimate of drug-likeness (QED) is 0.182. The van der Waals surface area contributed by atoms with Gasteiger partial charge >= 0.3 is 5.97 Å². The van der Waals surface area contributed by atoms with Gasteiger partial charge in [0.25, 0.3) is 0 Å². The van der Waals surface area contributed by atoms with Gasteiger partial charge in [0.15, 0.2) is 5.78 Å². The molecular weight excluding hydrogens is 302 g/mol. The molecule has 4 nitrogen and oxygen atoms in total. The number of carbonyl (C=O) groups excluding carboxylic acids is 2. The summed E-state index contributed by atoms with van der Waals surface area (Å²) in [5.41, 5.74) is 0.527. The maximum absolute atomic E-state index is 11.4. The smallest absolute Gasteiger partial charge is 0.348 e. The summed E-state index contributed by atoms with van der Waals surface area (Å²) in [6, 6.07) is 1.68. The molecule has 134 valence electrons. The number of esters is 1. The number of nitrogens with zero attached hydrogens (tertiary/aromatic N) is 1. The van der Waals surface area contributed by atoms with Gasteiger partial charge in [-0.1, -0.05) is 64.5 Å². The SMILES string of the molecule is C=C(C)C(=O)CCCCCCCCCCCCOC(=O)C(=C)C#N. The maximum atomic E-state index is 11.4. The van der Waals surface area contributed by atoms with E-state index in [1.807, 2.05) is 0 Å². The fourth-order valence-corrected chi connectivity index (χ4v) is 2.31. The summed E-state index contributed by atoms with van der Waals surface area (Å²) in [7, 11) is 0. The second-order valence-electron chi connectivity index (χ2n) is 6.22. The summed E-state index contributed by atoms with van der Waals surface area (Å²) in [5.74, 6) is -0.417. The number of hydrogen-bond donors (Lipinski definition) is 0. The lowest BCUT2D eigenvalue weighted by atomic mass is 10.0. The Hall–Kier alpha value is -1.89. The van der Waals surface area contributed by atoms with Crippen LogP contribution >= 0.6 is 0 Å². The van der Waals surface area contributed by atoms with E-state index in [4.69, 9.17) is 10.00 Å². The monoisotopic (exact) mass is 333 g/mol. The van der Waals surface area contributed by atoms with Crippen LogP contribution in [0.3, 0.4) is 0 Å². The van der Waals surface area contributed by atoms with Crippen LogP contribution in [0.5, 0.6) is 0 Å². The predicted octanol–water partition coefficient (Wildman–Crippen LogP) is 5.05. The van der Waals surface area contributed by atoms with Gasteiger partial charge in [0.1, 0.15) is 11.6 Å². The fraction of sp³-hybridized carbons (Fsp3) is 0.650. The molecule has 0 radical (unpaired) electrons. The van der Waals surface area contributed by atoms with Crippen molar-refractivity contribution in [1.29, 1.82) is 5.26 Å². The molecule has 0 saturated carbocycles. The zero-order valence-electron chi connectivity index (χ0n) is 15.1. The largest absolute Gasteiger partial charge is 0.462 e. The highest BCUT2D eigenvalue weighted by Gasteiger charge is 2.06. The Labute approximate surface area is 146 Å². The lowest BCUT2D eigenvalue weighted by Gasteiger charge is -2.04. The number of allylic oxidation sites excluding steroid dienone is 1. The van der Waals surface area contributed by atoms with Crippen LogP contribution in [-0.2, 0) is 14.3 Å². The van der Waals surface area contributed by atoms with Crippen molar-refractivity contribution in [2.45, 2.75) is 77.6 Å². The average molecular weight is 333 g/mol. The van der Waals surface area contributed by atoms with E-state index < -0.39 is 5.97 Å². The number of ether oxygens (including phenoxy) is 1.